The third kappa shape index (κ3) is 4.71. The molecule has 1 aliphatic heterocycles. The highest BCUT2D eigenvalue weighted by Gasteiger charge is 2.50. The summed E-state index contributed by atoms with van der Waals surface area (Å²) < 4.78 is 17.5. The van der Waals surface area contributed by atoms with E-state index in [-0.39, 0.29) is 23.9 Å². The van der Waals surface area contributed by atoms with Gasteiger partial charge in [0.15, 0.2) is 5.58 Å². The number of rotatable bonds is 6. The van der Waals surface area contributed by atoms with Gasteiger partial charge in [0.05, 0.1) is 37.5 Å². The van der Waals surface area contributed by atoms with Crippen LogP contribution in [0.2, 0.25) is 0 Å². The zero-order chi connectivity index (χ0) is 27.1. The van der Waals surface area contributed by atoms with E-state index in [9.17, 15) is 10.1 Å². The van der Waals surface area contributed by atoms with Gasteiger partial charge in [-0.2, -0.15) is 5.26 Å². The lowest BCUT2D eigenvalue weighted by atomic mass is 9.93. The Morgan fingerprint density at radius 1 is 1.07 bits per heavy atom. The number of fused-ring (bicyclic) bond motifs is 1. The number of carbonyl (C=O) groups excluding carboxylic acids is 1. The molecule has 0 bridgehead atoms. The number of methoxy groups -OCH3 is 1. The first kappa shape index (κ1) is 27.7. The quantitative estimate of drug-likeness (QED) is 0.309. The van der Waals surface area contributed by atoms with Gasteiger partial charge in [0.1, 0.15) is 17.0 Å². The summed E-state index contributed by atoms with van der Waals surface area (Å²) in [6.07, 6.45) is 3.87. The number of hydrogen-bond acceptors (Lipinski definition) is 7. The number of morpholine rings is 1. The number of ether oxygens (including phenoxy) is 2. The number of hydrogen-bond donors (Lipinski definition) is 0. The minimum atomic E-state index is -0.105. The Morgan fingerprint density at radius 2 is 1.85 bits per heavy atom. The summed E-state index contributed by atoms with van der Waals surface area (Å²) in [6, 6.07) is 17.7. The molecular weight excluding hydrogens is 528 g/mol. The van der Waals surface area contributed by atoms with Gasteiger partial charge in [0.25, 0.3) is 5.91 Å². The fourth-order valence-electron chi connectivity index (χ4n) is 5.66. The van der Waals surface area contributed by atoms with Gasteiger partial charge in [-0.05, 0) is 54.3 Å². The summed E-state index contributed by atoms with van der Waals surface area (Å²) in [5, 5.41) is 10.1. The molecule has 4 aromatic rings. The molecule has 0 spiro atoms. The van der Waals surface area contributed by atoms with Crippen LogP contribution in [-0.4, -0.2) is 68.2 Å². The van der Waals surface area contributed by atoms with Crippen molar-refractivity contribution in [3.63, 3.8) is 0 Å². The zero-order valence-electron chi connectivity index (χ0n) is 22.8. The van der Waals surface area contributed by atoms with Crippen molar-refractivity contribution in [1.29, 1.82) is 5.26 Å². The van der Waals surface area contributed by atoms with Gasteiger partial charge in [0, 0.05) is 56.1 Å². The van der Waals surface area contributed by atoms with Crippen LogP contribution in [0.1, 0.15) is 34.3 Å². The largest absolute Gasteiger partial charge is 0.496 e. The first-order chi connectivity index (χ1) is 18.9. The molecule has 6 rings (SSSR count). The van der Waals surface area contributed by atoms with Gasteiger partial charge in [-0.3, -0.25) is 14.7 Å². The molecule has 40 heavy (non-hydrogen) atoms. The van der Waals surface area contributed by atoms with Crippen LogP contribution in [0.5, 0.6) is 5.75 Å². The average molecular weight is 559 g/mol. The van der Waals surface area contributed by atoms with E-state index >= 15 is 0 Å². The summed E-state index contributed by atoms with van der Waals surface area (Å²) in [4.78, 5) is 21.0. The van der Waals surface area contributed by atoms with Gasteiger partial charge < -0.3 is 18.8 Å². The standard InChI is InChI=1S/C31H30N4O4.ClH/c1-34(2)30(36)21-4-6-24(27(17-21)37-3)28-18-26-29(39-28)23(8-11-33-26)20-5-7-25(22(16-20)19-32)31(9-10-31)35-12-14-38-15-13-35;/h4-8,11,16-18H,9-10,12-15H2,1-3H3;1H. The second kappa shape index (κ2) is 10.9. The molecule has 0 atom stereocenters. The maximum Gasteiger partial charge on any atom is 0.253 e. The molecule has 0 unspecified atom stereocenters. The number of nitrogens with zero attached hydrogens (tertiary/aromatic N) is 4. The Balaban J connectivity index is 0.00000323. The van der Waals surface area contributed by atoms with Crippen molar-refractivity contribution < 1.29 is 18.7 Å². The summed E-state index contributed by atoms with van der Waals surface area (Å²) in [5.74, 6) is 1.02. The summed E-state index contributed by atoms with van der Waals surface area (Å²) in [6.45, 7) is 3.25. The second-order valence-corrected chi connectivity index (χ2v) is 10.3. The molecule has 2 aromatic heterocycles. The molecule has 2 aromatic carbocycles. The van der Waals surface area contributed by atoms with Crippen LogP contribution in [0.4, 0.5) is 0 Å². The molecule has 1 saturated carbocycles. The number of aromatic nitrogens is 1. The highest BCUT2D eigenvalue weighted by molar-refractivity contribution is 5.96. The van der Waals surface area contributed by atoms with Crippen LogP contribution >= 0.6 is 12.4 Å². The van der Waals surface area contributed by atoms with Gasteiger partial charge in [0.2, 0.25) is 0 Å². The van der Waals surface area contributed by atoms with Crippen LogP contribution in [0.3, 0.4) is 0 Å². The molecule has 0 radical (unpaired) electrons. The van der Waals surface area contributed by atoms with Crippen molar-refractivity contribution in [3.05, 3.63) is 71.4 Å². The predicted molar refractivity (Wildman–Crippen MR) is 155 cm³/mol. The lowest BCUT2D eigenvalue weighted by Crippen LogP contribution is -2.44. The molecule has 8 nitrogen and oxygen atoms in total. The minimum Gasteiger partial charge on any atom is -0.496 e. The smallest absolute Gasteiger partial charge is 0.253 e. The van der Waals surface area contributed by atoms with Gasteiger partial charge in [-0.15, -0.1) is 12.4 Å². The van der Waals surface area contributed by atoms with Crippen LogP contribution in [0.15, 0.2) is 59.1 Å². The van der Waals surface area contributed by atoms with Crippen molar-refractivity contribution in [2.24, 2.45) is 0 Å². The normalized spacial score (nSPS) is 16.1. The molecule has 2 fully saturated rings. The molecule has 1 amide bonds. The lowest BCUT2D eigenvalue weighted by molar-refractivity contribution is 0.00829. The number of halogens is 1. The average Bonchev–Trinajstić information content (AvgIpc) is 3.67. The van der Waals surface area contributed by atoms with Crippen LogP contribution < -0.4 is 4.74 Å². The second-order valence-electron chi connectivity index (χ2n) is 10.3. The SMILES string of the molecule is COc1cc(C(=O)N(C)C)ccc1-c1cc2nccc(-c3ccc(C4(N5CCOCC5)CC4)c(C#N)c3)c2o1.Cl. The first-order valence-electron chi connectivity index (χ1n) is 13.1. The maximum absolute atomic E-state index is 12.4. The van der Waals surface area contributed by atoms with E-state index in [2.05, 4.69) is 28.1 Å². The van der Waals surface area contributed by atoms with Crippen molar-refractivity contribution in [2.75, 3.05) is 47.5 Å². The van der Waals surface area contributed by atoms with Crippen molar-refractivity contribution in [1.82, 2.24) is 14.8 Å². The number of pyridine rings is 1. The molecule has 2 aliphatic rings. The monoisotopic (exact) mass is 558 g/mol. The fraction of sp³-hybridized carbons (Fsp3) is 0.323. The van der Waals surface area contributed by atoms with Crippen molar-refractivity contribution in [3.8, 4) is 34.3 Å². The number of benzene rings is 2. The van der Waals surface area contributed by atoms with E-state index < -0.39 is 0 Å². The molecule has 0 N–H and O–H groups in total. The van der Waals surface area contributed by atoms with E-state index in [0.717, 1.165) is 61.4 Å². The van der Waals surface area contributed by atoms with Crippen LogP contribution in [0.25, 0.3) is 33.6 Å². The Bertz CT molecular complexity index is 1610. The van der Waals surface area contributed by atoms with E-state index in [4.69, 9.17) is 13.9 Å². The van der Waals surface area contributed by atoms with Gasteiger partial charge in [-0.1, -0.05) is 12.1 Å². The maximum atomic E-state index is 12.4. The van der Waals surface area contributed by atoms with E-state index in [1.165, 1.54) is 4.90 Å². The third-order valence-electron chi connectivity index (χ3n) is 7.82. The van der Waals surface area contributed by atoms with E-state index in [1.807, 2.05) is 24.3 Å². The van der Waals surface area contributed by atoms with Crippen molar-refractivity contribution in [2.45, 2.75) is 18.4 Å². The van der Waals surface area contributed by atoms with Gasteiger partial charge >= 0.3 is 0 Å². The van der Waals surface area contributed by atoms with Crippen molar-refractivity contribution >= 4 is 29.4 Å². The Hall–Kier alpha value is -3.90. The summed E-state index contributed by atoms with van der Waals surface area (Å²) in [5.41, 5.74) is 6.09. The van der Waals surface area contributed by atoms with E-state index in [0.29, 0.717) is 33.7 Å². The molecular formula is C31H31ClN4O4. The summed E-state index contributed by atoms with van der Waals surface area (Å²) in [7, 11) is 5.00. The lowest BCUT2D eigenvalue weighted by Gasteiger charge is -2.35. The predicted octanol–water partition coefficient (Wildman–Crippen LogP) is 5.49. The Kier molecular flexibility index (Phi) is 7.56. The highest BCUT2D eigenvalue weighted by atomic mass is 35.5. The van der Waals surface area contributed by atoms with E-state index in [1.54, 1.807) is 39.5 Å². The fourth-order valence-corrected chi connectivity index (χ4v) is 5.66. The summed E-state index contributed by atoms with van der Waals surface area (Å²) >= 11 is 0. The zero-order valence-corrected chi connectivity index (χ0v) is 23.6. The third-order valence-corrected chi connectivity index (χ3v) is 7.82. The number of amides is 1. The van der Waals surface area contributed by atoms with Crippen LogP contribution in [-0.2, 0) is 10.3 Å². The van der Waals surface area contributed by atoms with Gasteiger partial charge in [-0.25, -0.2) is 0 Å². The highest BCUT2D eigenvalue weighted by Crippen LogP contribution is 2.52. The van der Waals surface area contributed by atoms with Crippen LogP contribution in [0, 0.1) is 11.3 Å². The number of furan rings is 1. The number of nitriles is 1. The Labute approximate surface area is 239 Å². The Morgan fingerprint density at radius 3 is 2.52 bits per heavy atom. The molecule has 9 heteroatoms. The molecule has 1 aliphatic carbocycles. The topological polar surface area (TPSA) is 91.8 Å². The first-order valence-corrected chi connectivity index (χ1v) is 13.1. The minimum absolute atomic E-state index is 0. The number of carbonyl (C=O) groups is 1. The molecule has 206 valence electrons. The molecule has 3 heterocycles. The molecule has 1 saturated heterocycles.